The number of benzene rings is 1. The molecule has 5 heteroatoms. The molecular weight excluding hydrogens is 218 g/mol. The first-order chi connectivity index (χ1) is 8.06. The van der Waals surface area contributed by atoms with Crippen molar-refractivity contribution in [2.75, 3.05) is 12.8 Å². The minimum atomic E-state index is 0.170. The van der Waals surface area contributed by atoms with Gasteiger partial charge in [0.15, 0.2) is 0 Å². The van der Waals surface area contributed by atoms with Gasteiger partial charge in [-0.1, -0.05) is 6.07 Å². The van der Waals surface area contributed by atoms with Crippen LogP contribution in [0.15, 0.2) is 18.3 Å². The minimum Gasteiger partial charge on any atom is -0.507 e. The summed E-state index contributed by atoms with van der Waals surface area (Å²) >= 11 is 0. The third-order valence-electron chi connectivity index (χ3n) is 2.82. The highest BCUT2D eigenvalue weighted by molar-refractivity contribution is 5.83. The first kappa shape index (κ1) is 11.3. The molecule has 0 saturated heterocycles. The second-order valence-electron chi connectivity index (χ2n) is 3.88. The molecule has 2 aromatic rings. The Morgan fingerprint density at radius 1 is 1.41 bits per heavy atom. The molecule has 0 fully saturated rings. The van der Waals surface area contributed by atoms with E-state index in [4.69, 9.17) is 10.5 Å². The number of ether oxygens (including phenoxy) is 1. The van der Waals surface area contributed by atoms with Gasteiger partial charge in [0.2, 0.25) is 0 Å². The summed E-state index contributed by atoms with van der Waals surface area (Å²) in [4.78, 5) is 0. The van der Waals surface area contributed by atoms with Gasteiger partial charge in [-0.25, -0.2) is 0 Å². The number of aromatic nitrogens is 2. The van der Waals surface area contributed by atoms with Crippen molar-refractivity contribution in [3.05, 3.63) is 23.9 Å². The van der Waals surface area contributed by atoms with Crippen molar-refractivity contribution in [3.63, 3.8) is 0 Å². The predicted octanol–water partition coefficient (Wildman–Crippen LogP) is 1.69. The van der Waals surface area contributed by atoms with Gasteiger partial charge in [0.05, 0.1) is 24.4 Å². The summed E-state index contributed by atoms with van der Waals surface area (Å²) in [6.45, 7) is 1.82. The molecule has 0 aliphatic carbocycles. The van der Waals surface area contributed by atoms with Crippen LogP contribution in [0.5, 0.6) is 11.5 Å². The molecule has 0 unspecified atom stereocenters. The summed E-state index contributed by atoms with van der Waals surface area (Å²) in [6.07, 6.45) is 1.62. The van der Waals surface area contributed by atoms with Gasteiger partial charge >= 0.3 is 0 Å². The third-order valence-corrected chi connectivity index (χ3v) is 2.82. The fourth-order valence-corrected chi connectivity index (χ4v) is 1.75. The van der Waals surface area contributed by atoms with Crippen molar-refractivity contribution < 1.29 is 9.84 Å². The molecule has 90 valence electrons. The Balaban J connectivity index is 2.73. The smallest absolute Gasteiger partial charge is 0.130 e. The second kappa shape index (κ2) is 4.01. The quantitative estimate of drug-likeness (QED) is 0.827. The van der Waals surface area contributed by atoms with Gasteiger partial charge in [0.25, 0.3) is 0 Å². The standard InChI is InChI=1S/C12H15N3O2/c1-7-4-5-9(17-3)10(11(7)16)8-6-14-15(2)12(8)13/h4-6,16H,13H2,1-3H3. The molecule has 0 aliphatic heterocycles. The molecule has 0 atom stereocenters. The van der Waals surface area contributed by atoms with Crippen LogP contribution in [0.2, 0.25) is 0 Å². The Morgan fingerprint density at radius 3 is 2.65 bits per heavy atom. The number of aromatic hydroxyl groups is 1. The number of nitrogens with two attached hydrogens (primary N) is 1. The number of methoxy groups -OCH3 is 1. The zero-order valence-electron chi connectivity index (χ0n) is 10.1. The predicted molar refractivity (Wildman–Crippen MR) is 66.0 cm³/mol. The number of hydrogen-bond acceptors (Lipinski definition) is 4. The Kier molecular flexibility index (Phi) is 2.67. The second-order valence-corrected chi connectivity index (χ2v) is 3.88. The van der Waals surface area contributed by atoms with E-state index in [1.165, 1.54) is 0 Å². The number of nitrogen functional groups attached to an aromatic ring is 1. The summed E-state index contributed by atoms with van der Waals surface area (Å²) in [5.41, 5.74) is 7.93. The highest BCUT2D eigenvalue weighted by atomic mass is 16.5. The molecule has 2 rings (SSSR count). The number of phenols is 1. The maximum Gasteiger partial charge on any atom is 0.130 e. The Hall–Kier alpha value is -2.17. The molecule has 0 spiro atoms. The van der Waals surface area contributed by atoms with E-state index in [1.807, 2.05) is 6.92 Å². The first-order valence-corrected chi connectivity index (χ1v) is 5.20. The normalized spacial score (nSPS) is 10.5. The molecule has 3 N–H and O–H groups in total. The SMILES string of the molecule is COc1ccc(C)c(O)c1-c1cnn(C)c1N. The Bertz CT molecular complexity index is 561. The number of rotatable bonds is 2. The number of aryl methyl sites for hydroxylation is 2. The van der Waals surface area contributed by atoms with Crippen molar-refractivity contribution in [3.8, 4) is 22.6 Å². The van der Waals surface area contributed by atoms with Crippen LogP contribution in [0.25, 0.3) is 11.1 Å². The fourth-order valence-electron chi connectivity index (χ4n) is 1.75. The van der Waals surface area contributed by atoms with Crippen LogP contribution in [0.1, 0.15) is 5.56 Å². The zero-order valence-corrected chi connectivity index (χ0v) is 10.1. The largest absolute Gasteiger partial charge is 0.507 e. The van der Waals surface area contributed by atoms with Crippen LogP contribution in [0, 0.1) is 6.92 Å². The topological polar surface area (TPSA) is 73.3 Å². The molecule has 0 bridgehead atoms. The van der Waals surface area contributed by atoms with Crippen LogP contribution in [-0.4, -0.2) is 22.0 Å². The van der Waals surface area contributed by atoms with Crippen LogP contribution < -0.4 is 10.5 Å². The van der Waals surface area contributed by atoms with Gasteiger partial charge in [-0.15, -0.1) is 0 Å². The lowest BCUT2D eigenvalue weighted by Gasteiger charge is -2.11. The average molecular weight is 233 g/mol. The third kappa shape index (κ3) is 1.69. The fraction of sp³-hybridized carbons (Fsp3) is 0.250. The van der Waals surface area contributed by atoms with Gasteiger partial charge in [0.1, 0.15) is 17.3 Å². The molecule has 5 nitrogen and oxygen atoms in total. The van der Waals surface area contributed by atoms with Crippen molar-refractivity contribution in [1.82, 2.24) is 9.78 Å². The number of anilines is 1. The lowest BCUT2D eigenvalue weighted by atomic mass is 10.0. The van der Waals surface area contributed by atoms with Gasteiger partial charge in [-0.3, -0.25) is 4.68 Å². The van der Waals surface area contributed by atoms with Gasteiger partial charge < -0.3 is 15.6 Å². The van der Waals surface area contributed by atoms with Gasteiger partial charge in [-0.2, -0.15) is 5.10 Å². The molecule has 0 saturated carbocycles. The van der Waals surface area contributed by atoms with E-state index in [1.54, 1.807) is 37.2 Å². The molecule has 1 heterocycles. The van der Waals surface area contributed by atoms with Crippen molar-refractivity contribution >= 4 is 5.82 Å². The molecule has 0 radical (unpaired) electrons. The molecule has 0 amide bonds. The molecule has 0 aliphatic rings. The van der Waals surface area contributed by atoms with Crippen molar-refractivity contribution in [2.45, 2.75) is 6.92 Å². The van der Waals surface area contributed by atoms with Crippen LogP contribution in [-0.2, 0) is 7.05 Å². The van der Waals surface area contributed by atoms with Crippen LogP contribution in [0.4, 0.5) is 5.82 Å². The van der Waals surface area contributed by atoms with E-state index < -0.39 is 0 Å². The highest BCUT2D eigenvalue weighted by Gasteiger charge is 2.18. The van der Waals surface area contributed by atoms with E-state index >= 15 is 0 Å². The molecule has 1 aromatic heterocycles. The average Bonchev–Trinajstić information content (AvgIpc) is 2.64. The molecule has 1 aromatic carbocycles. The zero-order chi connectivity index (χ0) is 12.6. The van der Waals surface area contributed by atoms with Gasteiger partial charge in [-0.05, 0) is 18.6 Å². The van der Waals surface area contributed by atoms with Crippen LogP contribution >= 0.6 is 0 Å². The monoisotopic (exact) mass is 233 g/mol. The summed E-state index contributed by atoms with van der Waals surface area (Å²) in [5, 5.41) is 14.2. The van der Waals surface area contributed by atoms with E-state index in [0.717, 1.165) is 5.56 Å². The van der Waals surface area contributed by atoms with E-state index in [9.17, 15) is 5.11 Å². The summed E-state index contributed by atoms with van der Waals surface area (Å²) < 4.78 is 6.80. The van der Waals surface area contributed by atoms with Gasteiger partial charge in [0, 0.05) is 7.05 Å². The first-order valence-electron chi connectivity index (χ1n) is 5.20. The van der Waals surface area contributed by atoms with Crippen LogP contribution in [0.3, 0.4) is 0 Å². The van der Waals surface area contributed by atoms with E-state index in [2.05, 4.69) is 5.10 Å². The van der Waals surface area contributed by atoms with Crippen molar-refractivity contribution in [1.29, 1.82) is 0 Å². The Labute approximate surface area is 99.4 Å². The maximum absolute atomic E-state index is 10.1. The van der Waals surface area contributed by atoms with E-state index in [-0.39, 0.29) is 5.75 Å². The molecular formula is C12H15N3O2. The lowest BCUT2D eigenvalue weighted by molar-refractivity contribution is 0.409. The Morgan fingerprint density at radius 2 is 2.12 bits per heavy atom. The minimum absolute atomic E-state index is 0.170. The van der Waals surface area contributed by atoms with E-state index in [0.29, 0.717) is 22.7 Å². The highest BCUT2D eigenvalue weighted by Crippen LogP contribution is 2.41. The van der Waals surface area contributed by atoms with Crippen molar-refractivity contribution in [2.24, 2.45) is 7.05 Å². The number of nitrogens with zero attached hydrogens (tertiary/aromatic N) is 2. The summed E-state index contributed by atoms with van der Waals surface area (Å²) in [6, 6.07) is 3.60. The summed E-state index contributed by atoms with van der Waals surface area (Å²) in [7, 11) is 3.30. The number of hydrogen-bond donors (Lipinski definition) is 2. The number of phenolic OH excluding ortho intramolecular Hbond substituents is 1. The maximum atomic E-state index is 10.1. The lowest BCUT2D eigenvalue weighted by Crippen LogP contribution is -1.99. The molecule has 17 heavy (non-hydrogen) atoms. The summed E-state index contributed by atoms with van der Waals surface area (Å²) in [5.74, 6) is 1.24.